The predicted molar refractivity (Wildman–Crippen MR) is 93.5 cm³/mol. The molecule has 0 aromatic carbocycles. The summed E-state index contributed by atoms with van der Waals surface area (Å²) in [5, 5.41) is 9.48. The van der Waals surface area contributed by atoms with Gasteiger partial charge in [0.1, 0.15) is 11.6 Å². The third-order valence-electron chi connectivity index (χ3n) is 4.28. The lowest BCUT2D eigenvalue weighted by Crippen LogP contribution is -2.31. The Bertz CT molecular complexity index is 755. The van der Waals surface area contributed by atoms with E-state index in [0.717, 1.165) is 44.0 Å². The van der Waals surface area contributed by atoms with Crippen molar-refractivity contribution in [3.8, 4) is 11.9 Å². The molecule has 1 aliphatic rings. The van der Waals surface area contributed by atoms with Crippen molar-refractivity contribution in [3.05, 3.63) is 41.9 Å². The molecule has 3 heterocycles. The number of hydrogen-bond donors (Lipinski definition) is 0. The summed E-state index contributed by atoms with van der Waals surface area (Å²) < 4.78 is 5.22. The Labute approximate surface area is 142 Å². The van der Waals surface area contributed by atoms with Gasteiger partial charge < -0.3 is 14.5 Å². The molecule has 1 aliphatic heterocycles. The number of anilines is 2. The highest BCUT2D eigenvalue weighted by Gasteiger charge is 2.20. The average molecular weight is 323 g/mol. The molecule has 0 bridgehead atoms. The fourth-order valence-electron chi connectivity index (χ4n) is 3.10. The van der Waals surface area contributed by atoms with Gasteiger partial charge in [-0.1, -0.05) is 0 Å². The first-order valence-electron chi connectivity index (χ1n) is 8.08. The lowest BCUT2D eigenvalue weighted by Gasteiger charge is -2.25. The Balaban J connectivity index is 1.80. The monoisotopic (exact) mass is 323 g/mol. The molecule has 1 saturated heterocycles. The van der Waals surface area contributed by atoms with Crippen LogP contribution in [-0.2, 0) is 0 Å². The summed E-state index contributed by atoms with van der Waals surface area (Å²) in [4.78, 5) is 13.0. The van der Waals surface area contributed by atoms with Gasteiger partial charge in [0.15, 0.2) is 0 Å². The Morgan fingerprint density at radius 2 is 1.83 bits per heavy atom. The van der Waals surface area contributed by atoms with E-state index in [4.69, 9.17) is 4.74 Å². The molecule has 124 valence electrons. The number of aromatic nitrogens is 2. The van der Waals surface area contributed by atoms with Crippen LogP contribution in [0.5, 0.6) is 5.88 Å². The first-order chi connectivity index (χ1) is 11.7. The molecule has 2 aromatic rings. The molecule has 0 unspecified atom stereocenters. The zero-order chi connectivity index (χ0) is 16.9. The number of aryl methyl sites for hydroxylation is 1. The molecule has 24 heavy (non-hydrogen) atoms. The summed E-state index contributed by atoms with van der Waals surface area (Å²) in [5.74, 6) is 0.390. The van der Waals surface area contributed by atoms with Gasteiger partial charge >= 0.3 is 0 Å². The molecular formula is C18H21N5O. The minimum atomic E-state index is 0.390. The maximum Gasteiger partial charge on any atom is 0.233 e. The third kappa shape index (κ3) is 3.25. The number of nitriles is 1. The summed E-state index contributed by atoms with van der Waals surface area (Å²) in [6.45, 7) is 5.66. The van der Waals surface area contributed by atoms with E-state index >= 15 is 0 Å². The summed E-state index contributed by atoms with van der Waals surface area (Å²) in [6, 6.07) is 8.30. The zero-order valence-electron chi connectivity index (χ0n) is 14.1. The molecule has 6 heteroatoms. The van der Waals surface area contributed by atoms with E-state index < -0.39 is 0 Å². The Kier molecular flexibility index (Phi) is 4.80. The summed E-state index contributed by atoms with van der Waals surface area (Å²) >= 11 is 0. The van der Waals surface area contributed by atoms with Crippen molar-refractivity contribution >= 4 is 11.4 Å². The molecule has 0 radical (unpaired) electrons. The van der Waals surface area contributed by atoms with Gasteiger partial charge in [0, 0.05) is 50.0 Å². The number of nitrogens with zero attached hydrogens (tertiary/aromatic N) is 5. The maximum atomic E-state index is 9.48. The Morgan fingerprint density at radius 1 is 1.08 bits per heavy atom. The molecule has 6 nitrogen and oxygen atoms in total. The van der Waals surface area contributed by atoms with E-state index in [1.807, 2.05) is 19.2 Å². The maximum absolute atomic E-state index is 9.48. The van der Waals surface area contributed by atoms with Gasteiger partial charge in [0.25, 0.3) is 0 Å². The van der Waals surface area contributed by atoms with Crippen molar-refractivity contribution in [3.63, 3.8) is 0 Å². The standard InChI is InChI=1S/C18H21N5O/c1-14-12-15(4-6-20-14)22-8-3-9-23(11-10-22)17-5-7-21-18(24-2)16(17)13-19/h4-7,12H,3,8-11H2,1-2H3. The topological polar surface area (TPSA) is 65.3 Å². The second-order valence-electron chi connectivity index (χ2n) is 5.81. The predicted octanol–water partition coefficient (Wildman–Crippen LogP) is 2.38. The van der Waals surface area contributed by atoms with Crippen LogP contribution in [-0.4, -0.2) is 43.3 Å². The fourth-order valence-corrected chi connectivity index (χ4v) is 3.10. The zero-order valence-corrected chi connectivity index (χ0v) is 14.1. The van der Waals surface area contributed by atoms with Crippen LogP contribution < -0.4 is 14.5 Å². The SMILES string of the molecule is COc1nccc(N2CCCN(c3ccnc(C)c3)CC2)c1C#N. The van der Waals surface area contributed by atoms with Crippen LogP contribution in [0.15, 0.2) is 30.6 Å². The Hall–Kier alpha value is -2.81. The number of hydrogen-bond acceptors (Lipinski definition) is 6. The highest BCUT2D eigenvalue weighted by atomic mass is 16.5. The number of ether oxygens (including phenoxy) is 1. The fraction of sp³-hybridized carbons (Fsp3) is 0.389. The smallest absolute Gasteiger partial charge is 0.233 e. The van der Waals surface area contributed by atoms with Gasteiger partial charge in [-0.2, -0.15) is 5.26 Å². The minimum Gasteiger partial charge on any atom is -0.480 e. The molecule has 3 rings (SSSR count). The summed E-state index contributed by atoms with van der Waals surface area (Å²) in [6.07, 6.45) is 4.58. The van der Waals surface area contributed by atoms with Crippen LogP contribution >= 0.6 is 0 Å². The highest BCUT2D eigenvalue weighted by Crippen LogP contribution is 2.28. The Morgan fingerprint density at radius 3 is 2.58 bits per heavy atom. The van der Waals surface area contributed by atoms with Crippen molar-refractivity contribution in [2.75, 3.05) is 43.1 Å². The number of methoxy groups -OCH3 is 1. The normalized spacial score (nSPS) is 14.9. The van der Waals surface area contributed by atoms with E-state index in [0.29, 0.717) is 11.4 Å². The number of rotatable bonds is 3. The largest absolute Gasteiger partial charge is 0.480 e. The molecule has 0 aliphatic carbocycles. The third-order valence-corrected chi connectivity index (χ3v) is 4.28. The minimum absolute atomic E-state index is 0.390. The van der Waals surface area contributed by atoms with Crippen LogP contribution in [0, 0.1) is 18.3 Å². The van der Waals surface area contributed by atoms with E-state index in [9.17, 15) is 5.26 Å². The summed E-state index contributed by atoms with van der Waals surface area (Å²) in [7, 11) is 1.54. The van der Waals surface area contributed by atoms with Gasteiger partial charge in [0.05, 0.1) is 12.8 Å². The van der Waals surface area contributed by atoms with E-state index in [-0.39, 0.29) is 0 Å². The number of pyridine rings is 2. The van der Waals surface area contributed by atoms with Crippen molar-refractivity contribution in [2.45, 2.75) is 13.3 Å². The van der Waals surface area contributed by atoms with Crippen LogP contribution in [0.3, 0.4) is 0 Å². The van der Waals surface area contributed by atoms with Gasteiger partial charge in [0.2, 0.25) is 5.88 Å². The molecule has 1 fully saturated rings. The van der Waals surface area contributed by atoms with Gasteiger partial charge in [-0.15, -0.1) is 0 Å². The second kappa shape index (κ2) is 7.18. The van der Waals surface area contributed by atoms with Crippen molar-refractivity contribution < 1.29 is 4.74 Å². The van der Waals surface area contributed by atoms with Crippen molar-refractivity contribution in [1.82, 2.24) is 9.97 Å². The van der Waals surface area contributed by atoms with Gasteiger partial charge in [-0.25, -0.2) is 4.98 Å². The van der Waals surface area contributed by atoms with Gasteiger partial charge in [-0.05, 0) is 31.5 Å². The molecule has 0 atom stereocenters. The molecule has 0 amide bonds. The first kappa shape index (κ1) is 16.1. The highest BCUT2D eigenvalue weighted by molar-refractivity contribution is 5.63. The van der Waals surface area contributed by atoms with E-state index in [1.165, 1.54) is 5.69 Å². The molecule has 2 aromatic heterocycles. The molecular weight excluding hydrogens is 302 g/mol. The first-order valence-corrected chi connectivity index (χ1v) is 8.08. The van der Waals surface area contributed by atoms with Crippen LogP contribution in [0.4, 0.5) is 11.4 Å². The molecule has 0 N–H and O–H groups in total. The average Bonchev–Trinajstić information content (AvgIpc) is 2.87. The van der Waals surface area contributed by atoms with E-state index in [2.05, 4.69) is 38.0 Å². The van der Waals surface area contributed by atoms with Crippen LogP contribution in [0.2, 0.25) is 0 Å². The van der Waals surface area contributed by atoms with Gasteiger partial charge in [-0.3, -0.25) is 4.98 Å². The molecule has 0 spiro atoms. The van der Waals surface area contributed by atoms with Crippen LogP contribution in [0.1, 0.15) is 17.7 Å². The van der Waals surface area contributed by atoms with Crippen molar-refractivity contribution in [2.24, 2.45) is 0 Å². The molecule has 0 saturated carbocycles. The van der Waals surface area contributed by atoms with Crippen LogP contribution in [0.25, 0.3) is 0 Å². The van der Waals surface area contributed by atoms with E-state index in [1.54, 1.807) is 13.3 Å². The lowest BCUT2D eigenvalue weighted by molar-refractivity contribution is 0.396. The summed E-state index contributed by atoms with van der Waals surface area (Å²) in [5.41, 5.74) is 3.64. The quantitative estimate of drug-likeness (QED) is 0.864. The second-order valence-corrected chi connectivity index (χ2v) is 5.81. The van der Waals surface area contributed by atoms with Crippen molar-refractivity contribution in [1.29, 1.82) is 5.26 Å². The lowest BCUT2D eigenvalue weighted by atomic mass is 10.2.